The molecule has 6 nitrogen and oxygen atoms in total. The Morgan fingerprint density at radius 1 is 1.29 bits per heavy atom. The van der Waals surface area contributed by atoms with Crippen LogP contribution in [0, 0.1) is 6.92 Å². The summed E-state index contributed by atoms with van der Waals surface area (Å²) in [6, 6.07) is 7.13. The SMILES string of the molecule is CCC1=C(c2ccc(C)cc2)S(=O)(=O)NC1=NCC(=O)O. The van der Waals surface area contributed by atoms with E-state index in [0.717, 1.165) is 5.56 Å². The fraction of sp³-hybridized carbons (Fsp3) is 0.286. The highest BCUT2D eigenvalue weighted by molar-refractivity contribution is 8.00. The Kier molecular flexibility index (Phi) is 4.13. The Labute approximate surface area is 123 Å². The number of aliphatic carboxylic acids is 1. The molecular formula is C14H16N2O4S. The molecule has 0 spiro atoms. The molecule has 0 saturated heterocycles. The van der Waals surface area contributed by atoms with Crippen LogP contribution in [-0.2, 0) is 14.8 Å². The number of benzene rings is 1. The van der Waals surface area contributed by atoms with Crippen LogP contribution in [0.25, 0.3) is 4.91 Å². The van der Waals surface area contributed by atoms with E-state index in [0.29, 0.717) is 17.6 Å². The van der Waals surface area contributed by atoms with Crippen molar-refractivity contribution in [3.05, 3.63) is 41.0 Å². The van der Waals surface area contributed by atoms with Crippen LogP contribution in [0.3, 0.4) is 0 Å². The highest BCUT2D eigenvalue weighted by atomic mass is 32.2. The summed E-state index contributed by atoms with van der Waals surface area (Å²) in [6.45, 7) is 3.25. The van der Waals surface area contributed by atoms with Crippen molar-refractivity contribution in [1.29, 1.82) is 0 Å². The minimum atomic E-state index is -3.71. The van der Waals surface area contributed by atoms with Crippen LogP contribution in [0.2, 0.25) is 0 Å². The van der Waals surface area contributed by atoms with Gasteiger partial charge >= 0.3 is 5.97 Å². The zero-order chi connectivity index (χ0) is 15.6. The summed E-state index contributed by atoms with van der Waals surface area (Å²) >= 11 is 0. The fourth-order valence-corrected chi connectivity index (χ4v) is 3.70. The van der Waals surface area contributed by atoms with Crippen LogP contribution < -0.4 is 4.72 Å². The second-order valence-electron chi connectivity index (χ2n) is 4.69. The van der Waals surface area contributed by atoms with Gasteiger partial charge < -0.3 is 5.11 Å². The van der Waals surface area contributed by atoms with E-state index < -0.39 is 22.5 Å². The molecule has 1 aliphatic rings. The van der Waals surface area contributed by atoms with E-state index >= 15 is 0 Å². The minimum absolute atomic E-state index is 0.121. The van der Waals surface area contributed by atoms with Crippen LogP contribution in [0.4, 0.5) is 0 Å². The molecule has 112 valence electrons. The van der Waals surface area contributed by atoms with Crippen LogP contribution in [0.1, 0.15) is 24.5 Å². The number of rotatable bonds is 4. The van der Waals surface area contributed by atoms with Gasteiger partial charge in [0.25, 0.3) is 10.0 Å². The standard InChI is InChI=1S/C14H16N2O4S/c1-3-11-13(10-6-4-9(2)5-7-10)21(19,20)16-14(11)15-8-12(17)18/h4-7H,3,8H2,1-2H3,(H,15,16)(H,17,18). The monoisotopic (exact) mass is 308 g/mol. The minimum Gasteiger partial charge on any atom is -0.480 e. The van der Waals surface area contributed by atoms with Crippen LogP contribution in [0.15, 0.2) is 34.8 Å². The van der Waals surface area contributed by atoms with Gasteiger partial charge in [-0.15, -0.1) is 0 Å². The van der Waals surface area contributed by atoms with Gasteiger partial charge in [-0.2, -0.15) is 0 Å². The van der Waals surface area contributed by atoms with E-state index in [2.05, 4.69) is 9.71 Å². The second-order valence-corrected chi connectivity index (χ2v) is 6.31. The van der Waals surface area contributed by atoms with E-state index in [1.54, 1.807) is 12.1 Å². The second kappa shape index (κ2) is 5.69. The van der Waals surface area contributed by atoms with E-state index in [4.69, 9.17) is 5.11 Å². The molecule has 1 heterocycles. The van der Waals surface area contributed by atoms with E-state index in [-0.39, 0.29) is 10.7 Å². The lowest BCUT2D eigenvalue weighted by Crippen LogP contribution is -2.24. The number of hydrogen-bond donors (Lipinski definition) is 2. The summed E-state index contributed by atoms with van der Waals surface area (Å²) in [7, 11) is -3.71. The number of carbonyl (C=O) groups is 1. The molecule has 0 fully saturated rings. The van der Waals surface area contributed by atoms with Gasteiger partial charge in [0.1, 0.15) is 17.3 Å². The molecule has 1 aromatic carbocycles. The van der Waals surface area contributed by atoms with Crippen LogP contribution in [-0.4, -0.2) is 31.9 Å². The van der Waals surface area contributed by atoms with Crippen molar-refractivity contribution in [2.75, 3.05) is 6.54 Å². The third kappa shape index (κ3) is 3.13. The maximum absolute atomic E-state index is 12.3. The number of sulfonamides is 1. The van der Waals surface area contributed by atoms with Crippen molar-refractivity contribution in [2.24, 2.45) is 4.99 Å². The Hall–Kier alpha value is -2.15. The molecule has 0 amide bonds. The highest BCUT2D eigenvalue weighted by Gasteiger charge is 2.33. The summed E-state index contributed by atoms with van der Waals surface area (Å²) in [6.07, 6.45) is 0.438. The summed E-state index contributed by atoms with van der Waals surface area (Å²) in [4.78, 5) is 14.6. The number of nitrogens with zero attached hydrogens (tertiary/aromatic N) is 1. The maximum atomic E-state index is 12.3. The van der Waals surface area contributed by atoms with Gasteiger partial charge in [0.2, 0.25) is 0 Å². The molecule has 1 aliphatic heterocycles. The lowest BCUT2D eigenvalue weighted by Gasteiger charge is -2.04. The maximum Gasteiger partial charge on any atom is 0.325 e. The molecule has 0 atom stereocenters. The lowest BCUT2D eigenvalue weighted by atomic mass is 10.1. The average molecular weight is 308 g/mol. The van der Waals surface area contributed by atoms with Crippen molar-refractivity contribution in [2.45, 2.75) is 20.3 Å². The fourth-order valence-electron chi connectivity index (χ4n) is 2.15. The number of nitrogens with one attached hydrogen (secondary N) is 1. The topological polar surface area (TPSA) is 95.8 Å². The van der Waals surface area contributed by atoms with Gasteiger partial charge in [-0.1, -0.05) is 36.8 Å². The zero-order valence-electron chi connectivity index (χ0n) is 11.8. The van der Waals surface area contributed by atoms with Crippen molar-refractivity contribution in [3.8, 4) is 0 Å². The van der Waals surface area contributed by atoms with Crippen molar-refractivity contribution in [3.63, 3.8) is 0 Å². The molecule has 0 aromatic heterocycles. The molecule has 21 heavy (non-hydrogen) atoms. The Bertz CT molecular complexity index is 731. The molecule has 0 aliphatic carbocycles. The smallest absolute Gasteiger partial charge is 0.325 e. The van der Waals surface area contributed by atoms with Crippen molar-refractivity contribution < 1.29 is 18.3 Å². The predicted octanol–water partition coefficient (Wildman–Crippen LogP) is 1.53. The van der Waals surface area contributed by atoms with Crippen LogP contribution in [0.5, 0.6) is 0 Å². The quantitative estimate of drug-likeness (QED) is 0.881. The van der Waals surface area contributed by atoms with Gasteiger partial charge in [0.15, 0.2) is 0 Å². The number of aryl methyl sites for hydroxylation is 1. The Balaban J connectivity index is 2.57. The summed E-state index contributed by atoms with van der Waals surface area (Å²) < 4.78 is 26.9. The molecule has 0 radical (unpaired) electrons. The van der Waals surface area contributed by atoms with E-state index in [1.165, 1.54) is 0 Å². The van der Waals surface area contributed by atoms with Gasteiger partial charge in [-0.05, 0) is 18.9 Å². The molecule has 0 bridgehead atoms. The summed E-state index contributed by atoms with van der Waals surface area (Å²) in [5.74, 6) is -0.989. The number of carboxylic acid groups (broad SMARTS) is 1. The van der Waals surface area contributed by atoms with Gasteiger partial charge in [-0.25, -0.2) is 8.42 Å². The number of amidine groups is 1. The number of aliphatic imine (C=N–C) groups is 1. The molecule has 2 rings (SSSR count). The summed E-state index contributed by atoms with van der Waals surface area (Å²) in [5, 5.41) is 8.68. The third-order valence-corrected chi connectivity index (χ3v) is 4.58. The largest absolute Gasteiger partial charge is 0.480 e. The predicted molar refractivity (Wildman–Crippen MR) is 80.4 cm³/mol. The van der Waals surface area contributed by atoms with Gasteiger partial charge in [0, 0.05) is 5.57 Å². The Morgan fingerprint density at radius 2 is 1.90 bits per heavy atom. The molecule has 2 N–H and O–H groups in total. The average Bonchev–Trinajstić information content (AvgIpc) is 2.68. The Morgan fingerprint density at radius 3 is 2.43 bits per heavy atom. The van der Waals surface area contributed by atoms with Crippen LogP contribution >= 0.6 is 0 Å². The normalized spacial score (nSPS) is 18.9. The first kappa shape index (κ1) is 15.2. The first-order chi connectivity index (χ1) is 9.85. The molecule has 0 saturated carbocycles. The molecule has 1 aromatic rings. The molecular weight excluding hydrogens is 292 g/mol. The van der Waals surface area contributed by atoms with E-state index in [9.17, 15) is 13.2 Å². The third-order valence-electron chi connectivity index (χ3n) is 3.10. The van der Waals surface area contributed by atoms with Crippen molar-refractivity contribution in [1.82, 2.24) is 4.72 Å². The first-order valence-electron chi connectivity index (χ1n) is 6.44. The zero-order valence-corrected chi connectivity index (χ0v) is 12.6. The first-order valence-corrected chi connectivity index (χ1v) is 7.93. The van der Waals surface area contributed by atoms with E-state index in [1.807, 2.05) is 26.0 Å². The molecule has 0 unspecified atom stereocenters. The number of carboxylic acids is 1. The van der Waals surface area contributed by atoms with Crippen molar-refractivity contribution >= 4 is 26.7 Å². The lowest BCUT2D eigenvalue weighted by molar-refractivity contribution is -0.135. The van der Waals surface area contributed by atoms with Gasteiger partial charge in [-0.3, -0.25) is 14.5 Å². The number of hydrogen-bond acceptors (Lipinski definition) is 4. The van der Waals surface area contributed by atoms with Gasteiger partial charge in [0.05, 0.1) is 0 Å². The highest BCUT2D eigenvalue weighted by Crippen LogP contribution is 2.31. The molecule has 7 heteroatoms. The summed E-state index contributed by atoms with van der Waals surface area (Å²) in [5.41, 5.74) is 2.12.